The first-order chi connectivity index (χ1) is 14.6. The number of benzene rings is 1. The van der Waals surface area contributed by atoms with Crippen LogP contribution in [0.25, 0.3) is 0 Å². The zero-order valence-corrected chi connectivity index (χ0v) is 17.3. The predicted molar refractivity (Wildman–Crippen MR) is 113 cm³/mol. The van der Waals surface area contributed by atoms with E-state index >= 15 is 0 Å². The number of carbonyl (C=O) groups excluding carboxylic acids is 1. The molecule has 1 amide bonds. The third-order valence-electron chi connectivity index (χ3n) is 3.71. The van der Waals surface area contributed by atoms with Gasteiger partial charge in [-0.15, -0.1) is 0 Å². The molecule has 1 aromatic heterocycles. The van der Waals surface area contributed by atoms with Crippen LogP contribution in [0, 0.1) is 5.92 Å². The van der Waals surface area contributed by atoms with Gasteiger partial charge in [0.25, 0.3) is 5.91 Å². The van der Waals surface area contributed by atoms with E-state index in [-0.39, 0.29) is 14.1 Å². The Labute approximate surface area is 181 Å². The number of furan rings is 1. The van der Waals surface area contributed by atoms with E-state index < -0.39 is 29.9 Å². The molecular formula is C20H28BN2O8. The molecule has 31 heavy (non-hydrogen) atoms. The number of carboxylic acid groups (broad SMARTS) is 2. The highest BCUT2D eigenvalue weighted by Gasteiger charge is 2.21. The van der Waals surface area contributed by atoms with Crippen molar-refractivity contribution in [1.82, 2.24) is 5.32 Å². The molecule has 0 aliphatic carbocycles. The van der Waals surface area contributed by atoms with E-state index in [1.54, 1.807) is 0 Å². The Morgan fingerprint density at radius 3 is 2.03 bits per heavy atom. The molecule has 1 aromatic carbocycles. The average Bonchev–Trinajstić information content (AvgIpc) is 3.24. The molecule has 1 radical (unpaired) electrons. The van der Waals surface area contributed by atoms with Crippen molar-refractivity contribution < 1.29 is 39.1 Å². The summed E-state index contributed by atoms with van der Waals surface area (Å²) in [6, 6.07) is 8.97. The van der Waals surface area contributed by atoms with Crippen LogP contribution in [0.4, 0.5) is 0 Å². The lowest BCUT2D eigenvalue weighted by Gasteiger charge is -2.13. The van der Waals surface area contributed by atoms with Crippen LogP contribution in [0.5, 0.6) is 0 Å². The van der Waals surface area contributed by atoms with E-state index in [1.165, 1.54) is 18.6 Å². The first kappa shape index (κ1) is 27.9. The SMILES string of the molecule is CC(C)C[C@H](N)C(=O)O.O=C(N[C@@H](Cc1ccccc1)C(=O)O)c1ccoc1.O[B]O. The molecule has 10 nitrogen and oxygen atoms in total. The quantitative estimate of drug-likeness (QED) is 0.324. The Bertz CT molecular complexity index is 769. The van der Waals surface area contributed by atoms with E-state index in [0.717, 1.165) is 5.56 Å². The molecule has 0 saturated heterocycles. The van der Waals surface area contributed by atoms with Crippen LogP contribution in [-0.2, 0) is 16.0 Å². The zero-order chi connectivity index (χ0) is 23.8. The molecule has 169 valence electrons. The summed E-state index contributed by atoms with van der Waals surface area (Å²) in [5, 5.41) is 33.9. The maximum absolute atomic E-state index is 11.8. The van der Waals surface area contributed by atoms with Crippen LogP contribution in [0.3, 0.4) is 0 Å². The Morgan fingerprint density at radius 1 is 1.06 bits per heavy atom. The molecule has 0 unspecified atom stereocenters. The molecule has 0 aliphatic heterocycles. The van der Waals surface area contributed by atoms with Crippen molar-refractivity contribution in [2.24, 2.45) is 11.7 Å². The molecule has 0 aliphatic rings. The minimum absolute atomic E-state index is 0. The average molecular weight is 435 g/mol. The molecule has 0 bridgehead atoms. The van der Waals surface area contributed by atoms with Crippen LogP contribution in [0.15, 0.2) is 53.3 Å². The highest BCUT2D eigenvalue weighted by molar-refractivity contribution is 6.13. The standard InChI is InChI=1S/C14H13NO4.C6H13NO2.BH2O2/c16-13(11-6-7-19-9-11)15-12(14(17)18)8-10-4-2-1-3-5-10;1-4(2)3-5(7)6(8)9;2-1-3/h1-7,9,12H,8H2,(H,15,16)(H,17,18);4-5H,3,7H2,1-2H3,(H,8,9);2-3H/t12-;5-;/m00./s1. The molecule has 11 heteroatoms. The van der Waals surface area contributed by atoms with Gasteiger partial charge in [-0.05, 0) is 24.0 Å². The second-order valence-electron chi connectivity index (χ2n) is 6.76. The van der Waals surface area contributed by atoms with Crippen molar-refractivity contribution in [3.05, 3.63) is 60.1 Å². The number of carboxylic acids is 2. The molecule has 0 fully saturated rings. The summed E-state index contributed by atoms with van der Waals surface area (Å²) in [6.45, 7) is 3.89. The van der Waals surface area contributed by atoms with E-state index in [0.29, 0.717) is 17.9 Å². The number of amides is 1. The summed E-state index contributed by atoms with van der Waals surface area (Å²) in [4.78, 5) is 33.1. The van der Waals surface area contributed by atoms with Crippen molar-refractivity contribution in [1.29, 1.82) is 0 Å². The Hall–Kier alpha value is -3.15. The number of carbonyl (C=O) groups is 3. The molecule has 1 heterocycles. The lowest BCUT2D eigenvalue weighted by atomic mass is 10.1. The van der Waals surface area contributed by atoms with Gasteiger partial charge in [-0.2, -0.15) is 0 Å². The third kappa shape index (κ3) is 12.9. The Kier molecular flexibility index (Phi) is 14.1. The van der Waals surface area contributed by atoms with Gasteiger partial charge in [0.1, 0.15) is 18.3 Å². The molecule has 0 saturated carbocycles. The van der Waals surface area contributed by atoms with Gasteiger partial charge in [0.2, 0.25) is 0 Å². The van der Waals surface area contributed by atoms with Crippen molar-refractivity contribution in [3.8, 4) is 0 Å². The first-order valence-corrected chi connectivity index (χ1v) is 9.30. The normalized spacial score (nSPS) is 11.7. The van der Waals surface area contributed by atoms with Crippen molar-refractivity contribution >= 4 is 25.5 Å². The number of hydrogen-bond acceptors (Lipinski definition) is 7. The zero-order valence-electron chi connectivity index (χ0n) is 17.3. The van der Waals surface area contributed by atoms with Crippen molar-refractivity contribution in [2.45, 2.75) is 38.8 Å². The van der Waals surface area contributed by atoms with Crippen molar-refractivity contribution in [2.75, 3.05) is 0 Å². The second-order valence-corrected chi connectivity index (χ2v) is 6.76. The number of rotatable bonds is 8. The van der Waals surface area contributed by atoms with Gasteiger partial charge in [-0.1, -0.05) is 44.2 Å². The fourth-order valence-electron chi connectivity index (χ4n) is 2.29. The van der Waals surface area contributed by atoms with Gasteiger partial charge in [0.15, 0.2) is 0 Å². The summed E-state index contributed by atoms with van der Waals surface area (Å²) < 4.78 is 4.79. The first-order valence-electron chi connectivity index (χ1n) is 9.30. The fraction of sp³-hybridized carbons (Fsp3) is 0.350. The lowest BCUT2D eigenvalue weighted by Crippen LogP contribution is -2.42. The summed E-state index contributed by atoms with van der Waals surface area (Å²) in [5.74, 6) is -2.09. The summed E-state index contributed by atoms with van der Waals surface area (Å²) in [5.41, 5.74) is 6.37. The molecular weight excluding hydrogens is 407 g/mol. The Balaban J connectivity index is 0.000000631. The predicted octanol–water partition coefficient (Wildman–Crippen LogP) is 0.655. The van der Waals surface area contributed by atoms with Gasteiger partial charge in [-0.3, -0.25) is 9.59 Å². The molecule has 7 N–H and O–H groups in total. The number of nitrogens with two attached hydrogens (primary N) is 1. The maximum Gasteiger partial charge on any atom is 0.482 e. The van der Waals surface area contributed by atoms with E-state index in [4.69, 9.17) is 30.4 Å². The molecule has 2 aromatic rings. The van der Waals surface area contributed by atoms with Crippen LogP contribution < -0.4 is 11.1 Å². The summed E-state index contributed by atoms with van der Waals surface area (Å²) in [6.07, 6.45) is 3.42. The number of hydrogen-bond donors (Lipinski definition) is 6. The largest absolute Gasteiger partial charge is 0.482 e. The molecule has 0 spiro atoms. The fourth-order valence-corrected chi connectivity index (χ4v) is 2.29. The van der Waals surface area contributed by atoms with Crippen LogP contribution >= 0.6 is 0 Å². The molecule has 2 atom stereocenters. The monoisotopic (exact) mass is 435 g/mol. The highest BCUT2D eigenvalue weighted by atomic mass is 16.4. The number of nitrogens with one attached hydrogen (secondary N) is 1. The highest BCUT2D eigenvalue weighted by Crippen LogP contribution is 2.06. The maximum atomic E-state index is 11.8. The lowest BCUT2D eigenvalue weighted by molar-refractivity contribution is -0.140. The van der Waals surface area contributed by atoms with Gasteiger partial charge in [-0.25, -0.2) is 4.79 Å². The van der Waals surface area contributed by atoms with Gasteiger partial charge >= 0.3 is 19.6 Å². The van der Waals surface area contributed by atoms with Gasteiger partial charge in [0.05, 0.1) is 11.8 Å². The van der Waals surface area contributed by atoms with Gasteiger partial charge in [0, 0.05) is 6.42 Å². The van der Waals surface area contributed by atoms with E-state index in [9.17, 15) is 14.4 Å². The van der Waals surface area contributed by atoms with Crippen LogP contribution in [0.2, 0.25) is 0 Å². The van der Waals surface area contributed by atoms with Crippen molar-refractivity contribution in [3.63, 3.8) is 0 Å². The smallest absolute Gasteiger partial charge is 0.480 e. The summed E-state index contributed by atoms with van der Waals surface area (Å²) >= 11 is 0. The second kappa shape index (κ2) is 15.7. The third-order valence-corrected chi connectivity index (χ3v) is 3.71. The summed E-state index contributed by atoms with van der Waals surface area (Å²) in [7, 11) is 0. The minimum atomic E-state index is -1.07. The van der Waals surface area contributed by atoms with E-state index in [1.807, 2.05) is 44.2 Å². The van der Waals surface area contributed by atoms with Crippen LogP contribution in [0.1, 0.15) is 36.2 Å². The molecule has 2 rings (SSSR count). The Morgan fingerprint density at radius 2 is 1.65 bits per heavy atom. The van der Waals surface area contributed by atoms with Crippen LogP contribution in [-0.4, -0.2) is 57.9 Å². The number of aliphatic carboxylic acids is 2. The topological polar surface area (TPSA) is 183 Å². The minimum Gasteiger partial charge on any atom is -0.480 e. The van der Waals surface area contributed by atoms with E-state index in [2.05, 4.69) is 5.32 Å². The van der Waals surface area contributed by atoms with Gasteiger partial charge < -0.3 is 35.7 Å².